The molecule has 5 nitrogen and oxygen atoms in total. The number of hydrogen-bond acceptors (Lipinski definition) is 4. The summed E-state index contributed by atoms with van der Waals surface area (Å²) in [6, 6.07) is 7.85. The van der Waals surface area contributed by atoms with Gasteiger partial charge in [0.2, 0.25) is 0 Å². The molecule has 26 heavy (non-hydrogen) atoms. The predicted molar refractivity (Wildman–Crippen MR) is 90.7 cm³/mol. The van der Waals surface area contributed by atoms with Crippen LogP contribution in [0, 0.1) is 0 Å². The molecule has 0 aliphatic rings. The maximum Gasteiger partial charge on any atom is 0.435 e. The highest BCUT2D eigenvalue weighted by molar-refractivity contribution is 5.80. The number of hydrogen-bond donors (Lipinski definition) is 1. The molecule has 1 heterocycles. The van der Waals surface area contributed by atoms with E-state index in [0.29, 0.717) is 18.7 Å². The third-order valence-corrected chi connectivity index (χ3v) is 4.15. The molecule has 8 heteroatoms. The van der Waals surface area contributed by atoms with E-state index in [2.05, 4.69) is 10.4 Å². The number of carbonyl (C=O) groups excluding carboxylic acids is 1. The third-order valence-electron chi connectivity index (χ3n) is 4.15. The molecular weight excluding hydrogens is 347 g/mol. The van der Waals surface area contributed by atoms with Gasteiger partial charge in [-0.1, -0.05) is 25.5 Å². The van der Waals surface area contributed by atoms with Gasteiger partial charge in [-0.05, 0) is 37.1 Å². The van der Waals surface area contributed by atoms with Crippen LogP contribution in [0.4, 0.5) is 13.2 Å². The topological polar surface area (TPSA) is 56.2 Å². The molecule has 0 aliphatic heterocycles. The van der Waals surface area contributed by atoms with Crippen molar-refractivity contribution in [1.82, 2.24) is 15.1 Å². The molecule has 0 fully saturated rings. The zero-order chi connectivity index (χ0) is 19.4. The average Bonchev–Trinajstić information content (AvgIpc) is 3.10. The summed E-state index contributed by atoms with van der Waals surface area (Å²) in [5, 5.41) is 6.74. The van der Waals surface area contributed by atoms with E-state index in [1.165, 1.54) is 18.0 Å². The fourth-order valence-electron chi connectivity index (χ4n) is 2.67. The van der Waals surface area contributed by atoms with Crippen molar-refractivity contribution < 1.29 is 22.7 Å². The van der Waals surface area contributed by atoms with Crippen LogP contribution in [-0.2, 0) is 22.3 Å². The Hall–Kier alpha value is -2.35. The minimum absolute atomic E-state index is 0.327. The Kier molecular flexibility index (Phi) is 6.07. The van der Waals surface area contributed by atoms with Crippen molar-refractivity contribution in [2.75, 3.05) is 7.11 Å². The summed E-state index contributed by atoms with van der Waals surface area (Å²) in [4.78, 5) is 12.0. The van der Waals surface area contributed by atoms with Gasteiger partial charge in [-0.15, -0.1) is 0 Å². The number of benzene rings is 1. The Morgan fingerprint density at radius 2 is 1.88 bits per heavy atom. The molecule has 0 spiro atoms. The monoisotopic (exact) mass is 369 g/mol. The van der Waals surface area contributed by atoms with Crippen LogP contribution in [0.1, 0.15) is 37.9 Å². The molecule has 0 bridgehead atoms. The van der Waals surface area contributed by atoms with Crippen molar-refractivity contribution >= 4 is 5.97 Å². The maximum atomic E-state index is 12.6. The van der Waals surface area contributed by atoms with Gasteiger partial charge in [-0.2, -0.15) is 18.3 Å². The van der Waals surface area contributed by atoms with E-state index in [-0.39, 0.29) is 5.97 Å². The standard InChI is InChI=1S/C18H22F3N3O2/c1-4-10-17(2,16(25)26-3)22-12-13-5-7-14(8-6-13)24-11-9-15(23-24)18(19,20)21/h5-9,11,22H,4,10,12H2,1-3H3/t17-/m0/s1. The highest BCUT2D eigenvalue weighted by Crippen LogP contribution is 2.27. The van der Waals surface area contributed by atoms with Gasteiger partial charge in [-0.25, -0.2) is 4.68 Å². The molecule has 0 radical (unpaired) electrons. The highest BCUT2D eigenvalue weighted by atomic mass is 19.4. The Morgan fingerprint density at radius 1 is 1.23 bits per heavy atom. The lowest BCUT2D eigenvalue weighted by Gasteiger charge is -2.27. The van der Waals surface area contributed by atoms with E-state index in [4.69, 9.17) is 4.74 Å². The summed E-state index contributed by atoms with van der Waals surface area (Å²) in [5.41, 5.74) is -0.306. The number of aromatic nitrogens is 2. The fraction of sp³-hybridized carbons (Fsp3) is 0.444. The Bertz CT molecular complexity index is 741. The third kappa shape index (κ3) is 4.63. The van der Waals surface area contributed by atoms with Crippen molar-refractivity contribution in [3.05, 3.63) is 47.8 Å². The number of halogens is 3. The summed E-state index contributed by atoms with van der Waals surface area (Å²) in [6.07, 6.45) is -1.75. The minimum atomic E-state index is -4.47. The second-order valence-electron chi connectivity index (χ2n) is 6.24. The number of esters is 1. The number of alkyl halides is 3. The molecule has 1 aromatic heterocycles. The van der Waals surface area contributed by atoms with Crippen molar-refractivity contribution in [1.29, 1.82) is 0 Å². The summed E-state index contributed by atoms with van der Waals surface area (Å²) in [5.74, 6) is -0.327. The molecule has 0 unspecified atom stereocenters. The molecule has 0 aliphatic carbocycles. The van der Waals surface area contributed by atoms with Crippen LogP contribution >= 0.6 is 0 Å². The number of rotatable bonds is 7. The zero-order valence-corrected chi connectivity index (χ0v) is 14.9. The van der Waals surface area contributed by atoms with Gasteiger partial charge in [0, 0.05) is 12.7 Å². The first-order valence-corrected chi connectivity index (χ1v) is 8.25. The van der Waals surface area contributed by atoms with E-state index in [0.717, 1.165) is 18.1 Å². The van der Waals surface area contributed by atoms with E-state index in [9.17, 15) is 18.0 Å². The Balaban J connectivity index is 2.07. The Labute approximate surface area is 150 Å². The largest absolute Gasteiger partial charge is 0.468 e. The average molecular weight is 369 g/mol. The quantitative estimate of drug-likeness (QED) is 0.756. The molecule has 0 amide bonds. The lowest BCUT2D eigenvalue weighted by molar-refractivity contribution is -0.148. The van der Waals surface area contributed by atoms with Crippen molar-refractivity contribution in [3.63, 3.8) is 0 Å². The first-order valence-electron chi connectivity index (χ1n) is 8.25. The van der Waals surface area contributed by atoms with Crippen LogP contribution in [0.25, 0.3) is 5.69 Å². The van der Waals surface area contributed by atoms with Crippen LogP contribution in [0.2, 0.25) is 0 Å². The lowest BCUT2D eigenvalue weighted by atomic mass is 9.96. The fourth-order valence-corrected chi connectivity index (χ4v) is 2.67. The molecule has 1 atom stereocenters. The number of nitrogens with zero attached hydrogens (tertiary/aromatic N) is 2. The number of nitrogens with one attached hydrogen (secondary N) is 1. The van der Waals surface area contributed by atoms with Gasteiger partial charge in [0.05, 0.1) is 12.8 Å². The molecular formula is C18H22F3N3O2. The van der Waals surface area contributed by atoms with Crippen LogP contribution in [0.3, 0.4) is 0 Å². The molecule has 2 aromatic rings. The summed E-state index contributed by atoms with van der Waals surface area (Å²) in [7, 11) is 1.35. The van der Waals surface area contributed by atoms with Crippen LogP contribution in [-0.4, -0.2) is 28.4 Å². The van der Waals surface area contributed by atoms with E-state index in [1.807, 2.05) is 6.92 Å². The summed E-state index contributed by atoms with van der Waals surface area (Å²) in [6.45, 7) is 4.20. The molecule has 0 saturated carbocycles. The highest BCUT2D eigenvalue weighted by Gasteiger charge is 2.34. The predicted octanol–water partition coefficient (Wildman–Crippen LogP) is 3.71. The molecule has 2 rings (SSSR count). The van der Waals surface area contributed by atoms with Gasteiger partial charge in [0.1, 0.15) is 5.54 Å². The number of ether oxygens (including phenoxy) is 1. The SMILES string of the molecule is CCC[C@](C)(NCc1ccc(-n2ccc(C(F)(F)F)n2)cc1)C(=O)OC. The van der Waals surface area contributed by atoms with Gasteiger partial charge in [-0.3, -0.25) is 10.1 Å². The van der Waals surface area contributed by atoms with Crippen molar-refractivity contribution in [3.8, 4) is 5.69 Å². The normalized spacial score (nSPS) is 14.1. The van der Waals surface area contributed by atoms with E-state index in [1.54, 1.807) is 31.2 Å². The number of carbonyl (C=O) groups is 1. The molecule has 1 aromatic carbocycles. The Morgan fingerprint density at radius 3 is 2.38 bits per heavy atom. The summed E-state index contributed by atoms with van der Waals surface area (Å²) >= 11 is 0. The van der Waals surface area contributed by atoms with Crippen molar-refractivity contribution in [2.24, 2.45) is 0 Å². The van der Waals surface area contributed by atoms with E-state index < -0.39 is 17.4 Å². The second-order valence-corrected chi connectivity index (χ2v) is 6.24. The number of methoxy groups -OCH3 is 1. The van der Waals surface area contributed by atoms with Crippen LogP contribution in [0.5, 0.6) is 0 Å². The first-order chi connectivity index (χ1) is 12.2. The van der Waals surface area contributed by atoms with Crippen LogP contribution < -0.4 is 5.32 Å². The van der Waals surface area contributed by atoms with Crippen LogP contribution in [0.15, 0.2) is 36.5 Å². The van der Waals surface area contributed by atoms with Crippen molar-refractivity contribution in [2.45, 2.75) is 44.9 Å². The van der Waals surface area contributed by atoms with Gasteiger partial charge >= 0.3 is 12.1 Å². The van der Waals surface area contributed by atoms with Gasteiger partial charge < -0.3 is 4.74 Å². The smallest absolute Gasteiger partial charge is 0.435 e. The molecule has 1 N–H and O–H groups in total. The van der Waals surface area contributed by atoms with Gasteiger partial charge in [0.25, 0.3) is 0 Å². The van der Waals surface area contributed by atoms with E-state index >= 15 is 0 Å². The van der Waals surface area contributed by atoms with Gasteiger partial charge in [0.15, 0.2) is 5.69 Å². The molecule has 0 saturated heterocycles. The molecule has 142 valence electrons. The minimum Gasteiger partial charge on any atom is -0.468 e. The second kappa shape index (κ2) is 7.90. The zero-order valence-electron chi connectivity index (χ0n) is 14.9. The first kappa shape index (κ1) is 20.0. The maximum absolute atomic E-state index is 12.6. The lowest BCUT2D eigenvalue weighted by Crippen LogP contribution is -2.49. The summed E-state index contributed by atoms with van der Waals surface area (Å²) < 4.78 is 43.9.